The van der Waals surface area contributed by atoms with Gasteiger partial charge in [-0.2, -0.15) is 0 Å². The smallest absolute Gasteiger partial charge is 0.300 e. The third-order valence-corrected chi connectivity index (χ3v) is 0.865. The van der Waals surface area contributed by atoms with E-state index in [1.54, 1.807) is 0 Å². The van der Waals surface area contributed by atoms with Gasteiger partial charge in [0.1, 0.15) is 7.05 Å². The van der Waals surface area contributed by atoms with Gasteiger partial charge in [-0.05, 0) is 0 Å². The van der Waals surface area contributed by atoms with E-state index in [0.717, 1.165) is 11.4 Å². The highest BCUT2D eigenvalue weighted by atomic mass is 16.4. The number of quaternary nitrogens is 1. The number of carbonyl (C=O) groups is 1. The molecule has 4 heteroatoms. The number of aryl methyl sites for hydroxylation is 1. The van der Waals surface area contributed by atoms with Crippen molar-refractivity contribution < 1.29 is 19.0 Å². The number of nitrogens with zero attached hydrogens (tertiary/aromatic N) is 2. The van der Waals surface area contributed by atoms with Gasteiger partial charge in [0, 0.05) is 19.1 Å². The number of carboxylic acids is 1. The Balaban J connectivity index is 0. The van der Waals surface area contributed by atoms with E-state index in [2.05, 4.69) is 28.2 Å². The lowest BCUT2D eigenvalue weighted by Gasteiger charge is -2.14. The van der Waals surface area contributed by atoms with Gasteiger partial charge >= 0.3 is 0 Å². The lowest BCUT2D eigenvalue weighted by atomic mass is 10.5. The molecule has 1 heterocycles. The summed E-state index contributed by atoms with van der Waals surface area (Å²) >= 11 is 0. The van der Waals surface area contributed by atoms with Crippen molar-refractivity contribution >= 4 is 5.97 Å². The van der Waals surface area contributed by atoms with Crippen LogP contribution >= 0.6 is 0 Å². The van der Waals surface area contributed by atoms with Crippen LogP contribution in [0.1, 0.15) is 6.92 Å². The average Bonchev–Trinajstić information content (AvgIpc) is 2.00. The molecule has 92 valence electrons. The maximum Gasteiger partial charge on any atom is 0.300 e. The Bertz CT molecular complexity index is 269. The molecule has 0 aliphatic heterocycles. The first-order valence-corrected chi connectivity index (χ1v) is 5.01. The first kappa shape index (κ1) is 17.0. The van der Waals surface area contributed by atoms with Crippen LogP contribution in [0.15, 0.2) is 30.6 Å². The third-order valence-electron chi connectivity index (χ3n) is 0.865. The van der Waals surface area contributed by atoms with Gasteiger partial charge in [-0.25, -0.2) is 4.57 Å². The minimum absolute atomic E-state index is 0.833. The van der Waals surface area contributed by atoms with E-state index in [4.69, 9.17) is 9.90 Å². The average molecular weight is 228 g/mol. The quantitative estimate of drug-likeness (QED) is 0.530. The summed E-state index contributed by atoms with van der Waals surface area (Å²) in [6.07, 6.45) is 4.00. The molecule has 0 fully saturated rings. The van der Waals surface area contributed by atoms with Crippen molar-refractivity contribution in [2.45, 2.75) is 6.92 Å². The number of hydrogen-bond donors (Lipinski definition) is 1. The number of aliphatic carboxylic acids is 1. The maximum atomic E-state index is 9.00. The van der Waals surface area contributed by atoms with Gasteiger partial charge in [0.2, 0.25) is 0 Å². The summed E-state index contributed by atoms with van der Waals surface area (Å²) in [5.74, 6) is -0.833. The molecule has 1 N–H and O–H groups in total. The fourth-order valence-electron chi connectivity index (χ4n) is 0.485. The summed E-state index contributed by atoms with van der Waals surface area (Å²) in [6, 6.07) is 6.00. The second-order valence-electron chi connectivity index (χ2n) is 4.74. The molecule has 16 heavy (non-hydrogen) atoms. The molecule has 0 aliphatic carbocycles. The molecule has 1 aromatic heterocycles. The van der Waals surface area contributed by atoms with Crippen molar-refractivity contribution in [2.24, 2.45) is 7.05 Å². The van der Waals surface area contributed by atoms with Crippen LogP contribution in [0.5, 0.6) is 0 Å². The second kappa shape index (κ2) is 8.85. The molecule has 0 saturated carbocycles. The number of aromatic nitrogens is 1. The molecular weight excluding hydrogens is 204 g/mol. The Kier molecular flexibility index (Phi) is 9.40. The minimum atomic E-state index is -0.833. The molecule has 0 atom stereocenters. The first-order chi connectivity index (χ1) is 7.13. The first-order valence-electron chi connectivity index (χ1n) is 5.01. The Morgan fingerprint density at radius 3 is 1.44 bits per heavy atom. The van der Waals surface area contributed by atoms with E-state index < -0.39 is 5.97 Å². The Morgan fingerprint density at radius 1 is 1.06 bits per heavy atom. The van der Waals surface area contributed by atoms with E-state index in [0.29, 0.717) is 0 Å². The van der Waals surface area contributed by atoms with Crippen molar-refractivity contribution in [3.8, 4) is 0 Å². The molecule has 0 aromatic carbocycles. The van der Waals surface area contributed by atoms with Crippen LogP contribution in [-0.2, 0) is 11.8 Å². The maximum absolute atomic E-state index is 9.00. The molecule has 0 saturated heterocycles. The molecule has 4 nitrogen and oxygen atoms in total. The summed E-state index contributed by atoms with van der Waals surface area (Å²) < 4.78 is 3.00. The summed E-state index contributed by atoms with van der Waals surface area (Å²) in [5, 5.41) is 7.42. The van der Waals surface area contributed by atoms with Crippen LogP contribution in [0, 0.1) is 0 Å². The van der Waals surface area contributed by atoms with Crippen molar-refractivity contribution in [3.05, 3.63) is 30.6 Å². The van der Waals surface area contributed by atoms with E-state index in [-0.39, 0.29) is 0 Å². The molecule has 1 aromatic rings. The largest absolute Gasteiger partial charge is 0.481 e. The Hall–Kier alpha value is -1.42. The highest BCUT2D eigenvalue weighted by Crippen LogP contribution is 1.73. The Morgan fingerprint density at radius 2 is 1.31 bits per heavy atom. The standard InChI is InChI=1S/C6H8N.C4H12N.C2H4O2/c1-7-5-3-2-4-6-7;1-5(2,3)4;1-2(3)4/h2-6H,1H3;1-4H3;1H3,(H,3,4)/q2*+1;. The van der Waals surface area contributed by atoms with Gasteiger partial charge in [0.25, 0.3) is 5.97 Å². The lowest BCUT2D eigenvalue weighted by molar-refractivity contribution is -0.849. The van der Waals surface area contributed by atoms with Crippen LogP contribution in [0.4, 0.5) is 0 Å². The lowest BCUT2D eigenvalue weighted by Crippen LogP contribution is -2.27. The summed E-state index contributed by atoms with van der Waals surface area (Å²) in [6.45, 7) is 1.08. The molecule has 0 aliphatic rings. The zero-order valence-electron chi connectivity index (χ0n) is 11.1. The highest BCUT2D eigenvalue weighted by Gasteiger charge is 1.88. The molecule has 0 unspecified atom stereocenters. The van der Waals surface area contributed by atoms with E-state index in [9.17, 15) is 0 Å². The number of carboxylic acid groups (broad SMARTS) is 1. The van der Waals surface area contributed by atoms with Crippen LogP contribution in [0.25, 0.3) is 0 Å². The van der Waals surface area contributed by atoms with Crippen LogP contribution in [0.2, 0.25) is 0 Å². The number of hydrogen-bond acceptors (Lipinski definition) is 1. The van der Waals surface area contributed by atoms with Gasteiger partial charge < -0.3 is 9.59 Å². The predicted molar refractivity (Wildman–Crippen MR) is 64.9 cm³/mol. The molecule has 0 spiro atoms. The normalized spacial score (nSPS) is 9.12. The summed E-state index contributed by atoms with van der Waals surface area (Å²) in [7, 11) is 10.5. The van der Waals surface area contributed by atoms with E-state index >= 15 is 0 Å². The number of rotatable bonds is 0. The van der Waals surface area contributed by atoms with E-state index in [1.165, 1.54) is 0 Å². The highest BCUT2D eigenvalue weighted by molar-refractivity contribution is 5.62. The van der Waals surface area contributed by atoms with Gasteiger partial charge in [-0.1, -0.05) is 6.07 Å². The molecule has 0 bridgehead atoms. The summed E-state index contributed by atoms with van der Waals surface area (Å²) in [4.78, 5) is 9.00. The second-order valence-corrected chi connectivity index (χ2v) is 4.74. The molecular formula is C12H24N2O2+2. The van der Waals surface area contributed by atoms with Crippen LogP contribution in [-0.4, -0.2) is 43.7 Å². The predicted octanol–water partition coefficient (Wildman–Crippen LogP) is 0.924. The topological polar surface area (TPSA) is 41.2 Å². The summed E-state index contributed by atoms with van der Waals surface area (Å²) in [5.41, 5.74) is 0. The monoisotopic (exact) mass is 228 g/mol. The van der Waals surface area contributed by atoms with Gasteiger partial charge in [0.15, 0.2) is 12.4 Å². The van der Waals surface area contributed by atoms with Crippen LogP contribution in [0.3, 0.4) is 0 Å². The fraction of sp³-hybridized carbons (Fsp3) is 0.500. The SMILES string of the molecule is CC(=O)O.C[N+](C)(C)C.C[n+]1ccccc1. The molecule has 0 radical (unpaired) electrons. The fourth-order valence-corrected chi connectivity index (χ4v) is 0.485. The van der Waals surface area contributed by atoms with Crippen molar-refractivity contribution in [3.63, 3.8) is 0 Å². The zero-order chi connectivity index (χ0) is 13.2. The Labute approximate surface area is 98.4 Å². The third kappa shape index (κ3) is 39.0. The van der Waals surface area contributed by atoms with Crippen molar-refractivity contribution in [1.82, 2.24) is 0 Å². The minimum Gasteiger partial charge on any atom is -0.481 e. The molecule has 1 rings (SSSR count). The van der Waals surface area contributed by atoms with Crippen molar-refractivity contribution in [2.75, 3.05) is 28.2 Å². The van der Waals surface area contributed by atoms with Gasteiger partial charge in [-0.15, -0.1) is 0 Å². The zero-order valence-corrected chi connectivity index (χ0v) is 11.1. The molecule has 0 amide bonds. The van der Waals surface area contributed by atoms with Crippen molar-refractivity contribution in [1.29, 1.82) is 0 Å². The van der Waals surface area contributed by atoms with Crippen LogP contribution < -0.4 is 4.57 Å². The van der Waals surface area contributed by atoms with Gasteiger partial charge in [-0.3, -0.25) is 4.79 Å². The number of pyridine rings is 1. The van der Waals surface area contributed by atoms with Gasteiger partial charge in [0.05, 0.1) is 28.2 Å². The van der Waals surface area contributed by atoms with E-state index in [1.807, 2.05) is 42.2 Å².